The summed E-state index contributed by atoms with van der Waals surface area (Å²) in [6, 6.07) is 15.1. The lowest BCUT2D eigenvalue weighted by molar-refractivity contribution is -0.119. The number of amides is 1. The van der Waals surface area contributed by atoms with Gasteiger partial charge in [0.15, 0.2) is 0 Å². The highest BCUT2D eigenvalue weighted by atomic mass is 16.2. The van der Waals surface area contributed by atoms with E-state index in [0.29, 0.717) is 0 Å². The number of nitrogens with zero attached hydrogens (tertiary/aromatic N) is 2. The molecule has 2 aromatic rings. The highest BCUT2D eigenvalue weighted by molar-refractivity contribution is 6.20. The van der Waals surface area contributed by atoms with Gasteiger partial charge in [-0.3, -0.25) is 9.79 Å². The Hall–Kier alpha value is -2.86. The molecule has 0 spiro atoms. The maximum Gasteiger partial charge on any atom is 0.251 e. The molecular formula is C19H16N2O. The van der Waals surface area contributed by atoms with E-state index in [4.69, 9.17) is 6.42 Å². The van der Waals surface area contributed by atoms with Gasteiger partial charge >= 0.3 is 0 Å². The van der Waals surface area contributed by atoms with Crippen molar-refractivity contribution < 1.29 is 4.79 Å². The number of terminal acetylenes is 1. The minimum atomic E-state index is -0.429. The normalized spacial score (nSPS) is 17.3. The number of rotatable bonds is 1. The van der Waals surface area contributed by atoms with E-state index in [0.717, 1.165) is 28.1 Å². The number of hydrogen-bond acceptors (Lipinski definition) is 2. The molecule has 1 aliphatic rings. The van der Waals surface area contributed by atoms with Crippen LogP contribution in [0.15, 0.2) is 53.5 Å². The highest BCUT2D eigenvalue weighted by Crippen LogP contribution is 2.28. The van der Waals surface area contributed by atoms with Crippen LogP contribution in [0.1, 0.15) is 23.6 Å². The number of aliphatic imine (C=N–C) groups is 1. The van der Waals surface area contributed by atoms with Gasteiger partial charge in [0.25, 0.3) is 5.91 Å². The summed E-state index contributed by atoms with van der Waals surface area (Å²) >= 11 is 0. The van der Waals surface area contributed by atoms with Crippen LogP contribution in [0.25, 0.3) is 0 Å². The van der Waals surface area contributed by atoms with E-state index in [1.54, 1.807) is 11.9 Å². The Bertz CT molecular complexity index is 800. The minimum absolute atomic E-state index is 0.0272. The number of hydrogen-bond donors (Lipinski definition) is 0. The van der Waals surface area contributed by atoms with Gasteiger partial charge in [0, 0.05) is 23.7 Å². The monoisotopic (exact) mass is 288 g/mol. The van der Waals surface area contributed by atoms with Crippen molar-refractivity contribution in [3.05, 3.63) is 65.2 Å². The molecule has 108 valence electrons. The molecule has 1 heterocycles. The second-order valence-electron chi connectivity index (χ2n) is 5.29. The largest absolute Gasteiger partial charge is 0.313 e. The first-order chi connectivity index (χ1) is 10.6. The molecule has 0 radical (unpaired) electrons. The van der Waals surface area contributed by atoms with Gasteiger partial charge in [-0.25, -0.2) is 0 Å². The molecule has 0 fully saturated rings. The Balaban J connectivity index is 2.29. The standard InChI is InChI=1S/C19H16N2O/c1-4-14-10-11-17-16(12-14)18(15-8-6-5-7-9-15)20-13(2)19(22)21(17)3/h1,5-13H,2-3H3/t13-/m0/s1. The molecule has 0 bridgehead atoms. The molecule has 3 heteroatoms. The van der Waals surface area contributed by atoms with Gasteiger partial charge in [0.1, 0.15) is 6.04 Å². The van der Waals surface area contributed by atoms with Crippen molar-refractivity contribution in [3.63, 3.8) is 0 Å². The van der Waals surface area contributed by atoms with Gasteiger partial charge in [-0.15, -0.1) is 6.42 Å². The van der Waals surface area contributed by atoms with Gasteiger partial charge in [-0.05, 0) is 25.1 Å². The second-order valence-corrected chi connectivity index (χ2v) is 5.29. The average molecular weight is 288 g/mol. The van der Waals surface area contributed by atoms with Crippen LogP contribution < -0.4 is 4.90 Å². The fourth-order valence-corrected chi connectivity index (χ4v) is 2.65. The van der Waals surface area contributed by atoms with E-state index in [-0.39, 0.29) is 5.91 Å². The van der Waals surface area contributed by atoms with Crippen molar-refractivity contribution in [1.82, 2.24) is 0 Å². The zero-order chi connectivity index (χ0) is 15.7. The van der Waals surface area contributed by atoms with Crippen molar-refractivity contribution in [2.75, 3.05) is 11.9 Å². The molecule has 0 unspecified atom stereocenters. The third-order valence-corrected chi connectivity index (χ3v) is 3.84. The predicted molar refractivity (Wildman–Crippen MR) is 89.3 cm³/mol. The van der Waals surface area contributed by atoms with Crippen LogP contribution in [0.3, 0.4) is 0 Å². The third-order valence-electron chi connectivity index (χ3n) is 3.84. The molecule has 0 saturated heterocycles. The summed E-state index contributed by atoms with van der Waals surface area (Å²) in [6.45, 7) is 1.82. The van der Waals surface area contributed by atoms with E-state index in [1.807, 2.05) is 55.5 Å². The zero-order valence-electron chi connectivity index (χ0n) is 12.6. The van der Waals surface area contributed by atoms with Gasteiger partial charge in [0.05, 0.1) is 11.4 Å². The predicted octanol–water partition coefficient (Wildman–Crippen LogP) is 2.87. The molecule has 1 atom stereocenters. The quantitative estimate of drug-likeness (QED) is 0.743. The van der Waals surface area contributed by atoms with Gasteiger partial charge in [-0.2, -0.15) is 0 Å². The molecule has 0 N–H and O–H groups in total. The number of carbonyl (C=O) groups is 1. The van der Waals surface area contributed by atoms with Crippen molar-refractivity contribution in [2.45, 2.75) is 13.0 Å². The molecular weight excluding hydrogens is 272 g/mol. The highest BCUT2D eigenvalue weighted by Gasteiger charge is 2.27. The summed E-state index contributed by atoms with van der Waals surface area (Å²) < 4.78 is 0. The number of anilines is 1. The Morgan fingerprint density at radius 3 is 2.59 bits per heavy atom. The molecule has 0 aromatic heterocycles. The third kappa shape index (κ3) is 2.29. The Morgan fingerprint density at radius 2 is 1.91 bits per heavy atom. The smallest absolute Gasteiger partial charge is 0.251 e. The Labute approximate surface area is 130 Å². The molecule has 3 nitrogen and oxygen atoms in total. The Morgan fingerprint density at radius 1 is 1.18 bits per heavy atom. The molecule has 1 aliphatic heterocycles. The fraction of sp³-hybridized carbons (Fsp3) is 0.158. The maximum atomic E-state index is 12.4. The summed E-state index contributed by atoms with van der Waals surface area (Å²) in [4.78, 5) is 18.7. The molecule has 2 aromatic carbocycles. The van der Waals surface area contributed by atoms with Crippen LogP contribution in [0.2, 0.25) is 0 Å². The van der Waals surface area contributed by atoms with E-state index >= 15 is 0 Å². The lowest BCUT2D eigenvalue weighted by Crippen LogP contribution is -2.32. The fourth-order valence-electron chi connectivity index (χ4n) is 2.65. The first kappa shape index (κ1) is 14.1. The van der Waals surface area contributed by atoms with E-state index in [9.17, 15) is 4.79 Å². The van der Waals surface area contributed by atoms with E-state index in [2.05, 4.69) is 10.9 Å². The molecule has 0 saturated carbocycles. The first-order valence-electron chi connectivity index (χ1n) is 7.13. The average Bonchev–Trinajstić information content (AvgIpc) is 2.66. The van der Waals surface area contributed by atoms with Crippen LogP contribution in [-0.2, 0) is 4.79 Å². The van der Waals surface area contributed by atoms with Crippen LogP contribution >= 0.6 is 0 Å². The van der Waals surface area contributed by atoms with E-state index < -0.39 is 6.04 Å². The summed E-state index contributed by atoms with van der Waals surface area (Å²) in [5, 5.41) is 0. The zero-order valence-corrected chi connectivity index (χ0v) is 12.6. The lowest BCUT2D eigenvalue weighted by Gasteiger charge is -2.19. The maximum absolute atomic E-state index is 12.4. The number of fused-ring (bicyclic) bond motifs is 1. The molecule has 0 aliphatic carbocycles. The molecule has 1 amide bonds. The lowest BCUT2D eigenvalue weighted by atomic mass is 9.98. The van der Waals surface area contributed by atoms with Crippen LogP contribution in [0.4, 0.5) is 5.69 Å². The van der Waals surface area contributed by atoms with Crippen molar-refractivity contribution in [3.8, 4) is 12.3 Å². The summed E-state index contributed by atoms with van der Waals surface area (Å²) in [5.41, 5.74) is 4.28. The second kappa shape index (κ2) is 5.50. The SMILES string of the molecule is C#Cc1ccc2c(c1)C(c1ccccc1)=N[C@@H](C)C(=O)N2C. The van der Waals surface area contributed by atoms with Crippen LogP contribution in [0.5, 0.6) is 0 Å². The molecule has 3 rings (SSSR count). The van der Waals surface area contributed by atoms with E-state index in [1.165, 1.54) is 0 Å². The summed E-state index contributed by atoms with van der Waals surface area (Å²) in [6.07, 6.45) is 5.52. The van der Waals surface area contributed by atoms with Gasteiger partial charge < -0.3 is 4.90 Å². The van der Waals surface area contributed by atoms with Crippen molar-refractivity contribution >= 4 is 17.3 Å². The van der Waals surface area contributed by atoms with Crippen LogP contribution in [0, 0.1) is 12.3 Å². The minimum Gasteiger partial charge on any atom is -0.313 e. The molecule has 22 heavy (non-hydrogen) atoms. The Kier molecular flexibility index (Phi) is 3.52. The number of benzodiazepines with no additional fused rings is 1. The van der Waals surface area contributed by atoms with Crippen molar-refractivity contribution in [1.29, 1.82) is 0 Å². The van der Waals surface area contributed by atoms with Gasteiger partial charge in [0.2, 0.25) is 0 Å². The summed E-state index contributed by atoms with van der Waals surface area (Å²) in [5.74, 6) is 2.62. The number of benzene rings is 2. The first-order valence-corrected chi connectivity index (χ1v) is 7.13. The summed E-state index contributed by atoms with van der Waals surface area (Å²) in [7, 11) is 1.77. The number of carbonyl (C=O) groups excluding carboxylic acids is 1. The van der Waals surface area contributed by atoms with Crippen LogP contribution in [-0.4, -0.2) is 24.7 Å². The van der Waals surface area contributed by atoms with Crippen molar-refractivity contribution in [2.24, 2.45) is 4.99 Å². The number of likely N-dealkylation sites (N-methyl/N-ethyl adjacent to an activating group) is 1. The van der Waals surface area contributed by atoms with Gasteiger partial charge in [-0.1, -0.05) is 36.3 Å². The topological polar surface area (TPSA) is 32.7 Å².